The number of nitrogens with one attached hydrogen (secondary N) is 2. The summed E-state index contributed by atoms with van der Waals surface area (Å²) in [6, 6.07) is 0. The van der Waals surface area contributed by atoms with E-state index in [9.17, 15) is 4.79 Å². The summed E-state index contributed by atoms with van der Waals surface area (Å²) in [6.07, 6.45) is 0. The molecule has 5 heteroatoms. The summed E-state index contributed by atoms with van der Waals surface area (Å²) in [5.41, 5.74) is -0.554. The molecule has 0 saturated heterocycles. The molecule has 98 valence electrons. The van der Waals surface area contributed by atoms with Crippen molar-refractivity contribution in [3.8, 4) is 0 Å². The molecule has 0 radical (unpaired) electrons. The van der Waals surface area contributed by atoms with Gasteiger partial charge in [0.15, 0.2) is 0 Å². The van der Waals surface area contributed by atoms with Gasteiger partial charge in [-0.2, -0.15) is 0 Å². The van der Waals surface area contributed by atoms with Crippen LogP contribution in [0.3, 0.4) is 0 Å². The van der Waals surface area contributed by atoms with E-state index in [1.807, 2.05) is 20.8 Å². The van der Waals surface area contributed by atoms with Gasteiger partial charge in [-0.3, -0.25) is 9.79 Å². The summed E-state index contributed by atoms with van der Waals surface area (Å²) >= 11 is 0. The third kappa shape index (κ3) is 3.19. The Kier molecular flexibility index (Phi) is 4.93. The minimum atomic E-state index is -0.554. The second-order valence-corrected chi connectivity index (χ2v) is 4.70. The predicted molar refractivity (Wildman–Crippen MR) is 70.0 cm³/mol. The van der Waals surface area contributed by atoms with Crippen molar-refractivity contribution in [2.45, 2.75) is 27.7 Å². The molecule has 1 amide bonds. The number of amidine groups is 1. The van der Waals surface area contributed by atoms with Crippen LogP contribution in [-0.4, -0.2) is 49.5 Å². The standard InChI is InChI=1S/C12H24N4O/c1-5-13-9-15-11(17)12(3,4)10-14-7-8-16(10)6-2/h13H,5-9H2,1-4H3,(H,15,17). The second-order valence-electron chi connectivity index (χ2n) is 4.70. The number of nitrogens with zero attached hydrogens (tertiary/aromatic N) is 2. The van der Waals surface area contributed by atoms with Crippen LogP contribution in [0, 0.1) is 5.41 Å². The Bertz CT molecular complexity index is 299. The van der Waals surface area contributed by atoms with Crippen LogP contribution in [0.25, 0.3) is 0 Å². The first-order chi connectivity index (χ1) is 8.04. The molecule has 1 heterocycles. The van der Waals surface area contributed by atoms with E-state index in [-0.39, 0.29) is 5.91 Å². The van der Waals surface area contributed by atoms with Crippen LogP contribution in [0.1, 0.15) is 27.7 Å². The first-order valence-corrected chi connectivity index (χ1v) is 6.32. The molecule has 0 spiro atoms. The molecule has 0 aromatic heterocycles. The summed E-state index contributed by atoms with van der Waals surface area (Å²) in [4.78, 5) is 18.8. The van der Waals surface area contributed by atoms with Gasteiger partial charge < -0.3 is 15.5 Å². The summed E-state index contributed by atoms with van der Waals surface area (Å²) in [6.45, 7) is 12.0. The van der Waals surface area contributed by atoms with Gasteiger partial charge in [0.2, 0.25) is 5.91 Å². The Morgan fingerprint density at radius 1 is 1.47 bits per heavy atom. The Labute approximate surface area is 104 Å². The van der Waals surface area contributed by atoms with Gasteiger partial charge >= 0.3 is 0 Å². The van der Waals surface area contributed by atoms with E-state index in [1.54, 1.807) is 0 Å². The number of aliphatic imine (C=N–C) groups is 1. The molecular formula is C12H24N4O. The molecule has 0 saturated carbocycles. The zero-order valence-electron chi connectivity index (χ0n) is 11.3. The molecule has 1 aliphatic rings. The smallest absolute Gasteiger partial charge is 0.234 e. The fourth-order valence-electron chi connectivity index (χ4n) is 1.97. The van der Waals surface area contributed by atoms with Crippen molar-refractivity contribution >= 4 is 11.7 Å². The average molecular weight is 240 g/mol. The topological polar surface area (TPSA) is 56.7 Å². The molecule has 0 bridgehead atoms. The summed E-state index contributed by atoms with van der Waals surface area (Å²) in [7, 11) is 0. The summed E-state index contributed by atoms with van der Waals surface area (Å²) in [5, 5.41) is 5.97. The van der Waals surface area contributed by atoms with Gasteiger partial charge in [-0.05, 0) is 27.3 Å². The van der Waals surface area contributed by atoms with Crippen LogP contribution in [0.4, 0.5) is 0 Å². The molecule has 1 aliphatic heterocycles. The first kappa shape index (κ1) is 14.0. The largest absolute Gasteiger partial charge is 0.358 e. The van der Waals surface area contributed by atoms with Gasteiger partial charge in [0.1, 0.15) is 11.3 Å². The highest BCUT2D eigenvalue weighted by Crippen LogP contribution is 2.23. The molecule has 0 aliphatic carbocycles. The van der Waals surface area contributed by atoms with Crippen LogP contribution in [0.5, 0.6) is 0 Å². The number of amides is 1. The van der Waals surface area contributed by atoms with E-state index in [0.29, 0.717) is 6.67 Å². The molecular weight excluding hydrogens is 216 g/mol. The van der Waals surface area contributed by atoms with Crippen molar-refractivity contribution in [3.63, 3.8) is 0 Å². The van der Waals surface area contributed by atoms with Crippen LogP contribution >= 0.6 is 0 Å². The lowest BCUT2D eigenvalue weighted by Crippen LogP contribution is -2.49. The predicted octanol–water partition coefficient (Wildman–Crippen LogP) is 0.430. The molecule has 2 N–H and O–H groups in total. The molecule has 5 nitrogen and oxygen atoms in total. The van der Waals surface area contributed by atoms with E-state index in [2.05, 4.69) is 27.4 Å². The zero-order valence-corrected chi connectivity index (χ0v) is 11.3. The van der Waals surface area contributed by atoms with E-state index in [4.69, 9.17) is 0 Å². The maximum atomic E-state index is 12.1. The molecule has 0 fully saturated rings. The lowest BCUT2D eigenvalue weighted by atomic mass is 9.90. The molecule has 17 heavy (non-hydrogen) atoms. The van der Waals surface area contributed by atoms with Crippen LogP contribution in [0.15, 0.2) is 4.99 Å². The normalized spacial score (nSPS) is 16.0. The zero-order chi connectivity index (χ0) is 12.9. The molecule has 0 aromatic rings. The molecule has 0 atom stereocenters. The van der Waals surface area contributed by atoms with Crippen molar-refractivity contribution in [2.24, 2.45) is 10.4 Å². The number of carbonyl (C=O) groups excluding carboxylic acids is 1. The van der Waals surface area contributed by atoms with E-state index in [0.717, 1.165) is 32.0 Å². The Hall–Kier alpha value is -1.10. The lowest BCUT2D eigenvalue weighted by Gasteiger charge is -2.30. The lowest BCUT2D eigenvalue weighted by molar-refractivity contribution is -0.126. The highest BCUT2D eigenvalue weighted by atomic mass is 16.2. The number of carbonyl (C=O) groups is 1. The molecule has 1 rings (SSSR count). The third-order valence-corrected chi connectivity index (χ3v) is 3.06. The van der Waals surface area contributed by atoms with Gasteiger partial charge in [-0.1, -0.05) is 6.92 Å². The van der Waals surface area contributed by atoms with E-state index >= 15 is 0 Å². The van der Waals surface area contributed by atoms with Crippen molar-refractivity contribution in [1.29, 1.82) is 0 Å². The van der Waals surface area contributed by atoms with E-state index < -0.39 is 5.41 Å². The highest BCUT2D eigenvalue weighted by molar-refractivity contribution is 6.07. The van der Waals surface area contributed by atoms with Crippen molar-refractivity contribution in [1.82, 2.24) is 15.5 Å². The van der Waals surface area contributed by atoms with Crippen molar-refractivity contribution in [3.05, 3.63) is 0 Å². The SMILES string of the molecule is CCNCNC(=O)C(C)(C)C1=NCCN1CC. The summed E-state index contributed by atoms with van der Waals surface area (Å²) in [5.74, 6) is 0.937. The molecule has 0 unspecified atom stereocenters. The second kappa shape index (κ2) is 6.00. The van der Waals surface area contributed by atoms with Gasteiger partial charge in [0.05, 0.1) is 13.2 Å². The average Bonchev–Trinajstić information content (AvgIpc) is 2.77. The highest BCUT2D eigenvalue weighted by Gasteiger charge is 2.37. The Morgan fingerprint density at radius 2 is 2.18 bits per heavy atom. The minimum absolute atomic E-state index is 0.0255. The van der Waals surface area contributed by atoms with Crippen molar-refractivity contribution < 1.29 is 4.79 Å². The van der Waals surface area contributed by atoms with E-state index in [1.165, 1.54) is 0 Å². The first-order valence-electron chi connectivity index (χ1n) is 6.32. The maximum Gasteiger partial charge on any atom is 0.234 e. The van der Waals surface area contributed by atoms with Gasteiger partial charge in [0, 0.05) is 13.1 Å². The Morgan fingerprint density at radius 3 is 2.76 bits per heavy atom. The fourth-order valence-corrected chi connectivity index (χ4v) is 1.97. The number of hydrogen-bond acceptors (Lipinski definition) is 4. The van der Waals surface area contributed by atoms with Gasteiger partial charge in [-0.15, -0.1) is 0 Å². The van der Waals surface area contributed by atoms with Crippen LogP contribution in [0.2, 0.25) is 0 Å². The van der Waals surface area contributed by atoms with Gasteiger partial charge in [0.25, 0.3) is 0 Å². The van der Waals surface area contributed by atoms with Crippen LogP contribution in [-0.2, 0) is 4.79 Å². The molecule has 0 aromatic carbocycles. The van der Waals surface area contributed by atoms with Crippen molar-refractivity contribution in [2.75, 3.05) is 32.8 Å². The van der Waals surface area contributed by atoms with Gasteiger partial charge in [-0.25, -0.2) is 0 Å². The third-order valence-electron chi connectivity index (χ3n) is 3.06. The minimum Gasteiger partial charge on any atom is -0.358 e. The Balaban J connectivity index is 2.63. The monoisotopic (exact) mass is 240 g/mol. The fraction of sp³-hybridized carbons (Fsp3) is 0.833. The van der Waals surface area contributed by atoms with Crippen LogP contribution < -0.4 is 10.6 Å². The number of rotatable bonds is 6. The summed E-state index contributed by atoms with van der Waals surface area (Å²) < 4.78 is 0. The maximum absolute atomic E-state index is 12.1. The quantitative estimate of drug-likeness (QED) is 0.523. The number of likely N-dealkylation sites (N-methyl/N-ethyl adjacent to an activating group) is 1. The number of hydrogen-bond donors (Lipinski definition) is 2.